The summed E-state index contributed by atoms with van der Waals surface area (Å²) in [6, 6.07) is 0.431. The second-order valence-corrected chi connectivity index (χ2v) is 7.38. The lowest BCUT2D eigenvalue weighted by molar-refractivity contribution is 0.184. The molecule has 1 N–H and O–H groups in total. The fourth-order valence-electron chi connectivity index (χ4n) is 2.20. The molecule has 0 radical (unpaired) electrons. The molecule has 2 atom stereocenters. The van der Waals surface area contributed by atoms with Crippen molar-refractivity contribution in [2.24, 2.45) is 5.92 Å². The van der Waals surface area contributed by atoms with Crippen LogP contribution in [0.3, 0.4) is 0 Å². The minimum absolute atomic E-state index is 0.0163. The molecule has 0 aromatic heterocycles. The standard InChI is InChI=1S/C12H27N3O3S/c1-10(2)15-8-11(3)12(9-15)13-19(16,17)14(4)6-7-18-5/h10-13H,6-9H2,1-5H3/t11-,12-/m0/s1. The molecule has 0 bridgehead atoms. The van der Waals surface area contributed by atoms with Crippen molar-refractivity contribution in [2.75, 3.05) is 40.4 Å². The van der Waals surface area contributed by atoms with Gasteiger partial charge in [-0.05, 0) is 19.8 Å². The van der Waals surface area contributed by atoms with Gasteiger partial charge in [-0.3, -0.25) is 4.90 Å². The van der Waals surface area contributed by atoms with Crippen LogP contribution in [-0.4, -0.2) is 70.1 Å². The largest absolute Gasteiger partial charge is 0.383 e. The first-order valence-electron chi connectivity index (χ1n) is 6.74. The van der Waals surface area contributed by atoms with E-state index in [2.05, 4.69) is 30.4 Å². The maximum absolute atomic E-state index is 12.2. The van der Waals surface area contributed by atoms with Gasteiger partial charge in [0.25, 0.3) is 10.2 Å². The number of likely N-dealkylation sites (tertiary alicyclic amines) is 1. The smallest absolute Gasteiger partial charge is 0.279 e. The Morgan fingerprint density at radius 2 is 2.05 bits per heavy atom. The molecule has 1 fully saturated rings. The molecule has 1 saturated heterocycles. The van der Waals surface area contributed by atoms with Crippen LogP contribution in [0.15, 0.2) is 0 Å². The molecule has 0 unspecified atom stereocenters. The number of methoxy groups -OCH3 is 1. The first-order chi connectivity index (χ1) is 8.77. The molecular weight excluding hydrogens is 266 g/mol. The van der Waals surface area contributed by atoms with Gasteiger partial charge >= 0.3 is 0 Å². The van der Waals surface area contributed by atoms with Gasteiger partial charge in [0.1, 0.15) is 0 Å². The number of hydrogen-bond acceptors (Lipinski definition) is 4. The van der Waals surface area contributed by atoms with Gasteiger partial charge in [0, 0.05) is 45.9 Å². The number of likely N-dealkylation sites (N-methyl/N-ethyl adjacent to an activating group) is 1. The summed E-state index contributed by atoms with van der Waals surface area (Å²) in [6.07, 6.45) is 0. The lowest BCUT2D eigenvalue weighted by atomic mass is 10.1. The van der Waals surface area contributed by atoms with E-state index < -0.39 is 10.2 Å². The lowest BCUT2D eigenvalue weighted by Gasteiger charge is -2.23. The van der Waals surface area contributed by atoms with Gasteiger partial charge in [0.2, 0.25) is 0 Å². The topological polar surface area (TPSA) is 61.9 Å². The average molecular weight is 293 g/mol. The molecule has 1 aliphatic rings. The third-order valence-corrected chi connectivity index (χ3v) is 5.30. The van der Waals surface area contributed by atoms with Crippen molar-refractivity contribution >= 4 is 10.2 Å². The van der Waals surface area contributed by atoms with E-state index >= 15 is 0 Å². The van der Waals surface area contributed by atoms with Gasteiger partial charge < -0.3 is 4.74 Å². The Balaban J connectivity index is 2.58. The highest BCUT2D eigenvalue weighted by Gasteiger charge is 2.34. The summed E-state index contributed by atoms with van der Waals surface area (Å²) in [5.74, 6) is 0.327. The monoisotopic (exact) mass is 293 g/mol. The van der Waals surface area contributed by atoms with Gasteiger partial charge in [0.05, 0.1) is 6.61 Å². The molecule has 0 spiro atoms. The molecule has 114 valence electrons. The van der Waals surface area contributed by atoms with Crippen LogP contribution in [0, 0.1) is 5.92 Å². The summed E-state index contributed by atoms with van der Waals surface area (Å²) in [7, 11) is -0.288. The van der Waals surface area contributed by atoms with E-state index in [1.54, 1.807) is 14.2 Å². The van der Waals surface area contributed by atoms with Crippen molar-refractivity contribution < 1.29 is 13.2 Å². The van der Waals surface area contributed by atoms with E-state index in [0.717, 1.165) is 13.1 Å². The fourth-order valence-corrected chi connectivity index (χ4v) is 3.38. The molecule has 6 nitrogen and oxygen atoms in total. The van der Waals surface area contributed by atoms with Gasteiger partial charge in [-0.1, -0.05) is 6.92 Å². The second kappa shape index (κ2) is 6.99. The van der Waals surface area contributed by atoms with Crippen LogP contribution in [-0.2, 0) is 14.9 Å². The van der Waals surface area contributed by atoms with Crippen LogP contribution in [0.4, 0.5) is 0 Å². The maximum Gasteiger partial charge on any atom is 0.279 e. The Labute approximate surface area is 117 Å². The van der Waals surface area contributed by atoms with Crippen molar-refractivity contribution in [3.05, 3.63) is 0 Å². The summed E-state index contributed by atoms with van der Waals surface area (Å²) >= 11 is 0. The predicted molar refractivity (Wildman–Crippen MR) is 76.2 cm³/mol. The van der Waals surface area contributed by atoms with E-state index in [4.69, 9.17) is 4.74 Å². The molecule has 1 aliphatic heterocycles. The Bertz CT molecular complexity index is 372. The minimum Gasteiger partial charge on any atom is -0.383 e. The van der Waals surface area contributed by atoms with Crippen LogP contribution < -0.4 is 4.72 Å². The Kier molecular flexibility index (Phi) is 6.19. The molecule has 1 heterocycles. The molecule has 19 heavy (non-hydrogen) atoms. The van der Waals surface area contributed by atoms with Crippen molar-refractivity contribution in [3.8, 4) is 0 Å². The summed E-state index contributed by atoms with van der Waals surface area (Å²) in [5, 5.41) is 0. The van der Waals surface area contributed by atoms with Crippen LogP contribution in [0.5, 0.6) is 0 Å². The number of nitrogens with zero attached hydrogens (tertiary/aromatic N) is 2. The Morgan fingerprint density at radius 1 is 1.42 bits per heavy atom. The van der Waals surface area contributed by atoms with Crippen molar-refractivity contribution in [2.45, 2.75) is 32.9 Å². The zero-order chi connectivity index (χ0) is 14.6. The van der Waals surface area contributed by atoms with Gasteiger partial charge in [-0.25, -0.2) is 0 Å². The van der Waals surface area contributed by atoms with E-state index in [9.17, 15) is 8.42 Å². The summed E-state index contributed by atoms with van der Waals surface area (Å²) < 4.78 is 33.3. The number of ether oxygens (including phenoxy) is 1. The molecule has 7 heteroatoms. The molecular formula is C12H27N3O3S. The number of hydrogen-bond donors (Lipinski definition) is 1. The van der Waals surface area contributed by atoms with Crippen LogP contribution in [0.2, 0.25) is 0 Å². The SMILES string of the molecule is COCCN(C)S(=O)(=O)N[C@H]1CN(C(C)C)C[C@@H]1C. The normalized spacial score (nSPS) is 25.6. The zero-order valence-electron chi connectivity index (χ0n) is 12.6. The van der Waals surface area contributed by atoms with E-state index in [1.807, 2.05) is 0 Å². The van der Waals surface area contributed by atoms with E-state index in [0.29, 0.717) is 25.1 Å². The average Bonchev–Trinajstić information content (AvgIpc) is 2.67. The van der Waals surface area contributed by atoms with Gasteiger partial charge in [-0.2, -0.15) is 17.4 Å². The molecule has 1 rings (SSSR count). The zero-order valence-corrected chi connectivity index (χ0v) is 13.4. The third kappa shape index (κ3) is 4.68. The fraction of sp³-hybridized carbons (Fsp3) is 1.00. The van der Waals surface area contributed by atoms with Crippen molar-refractivity contribution in [1.29, 1.82) is 0 Å². The van der Waals surface area contributed by atoms with Crippen LogP contribution in [0.25, 0.3) is 0 Å². The highest BCUT2D eigenvalue weighted by atomic mass is 32.2. The molecule has 0 aromatic carbocycles. The Morgan fingerprint density at radius 3 is 2.53 bits per heavy atom. The van der Waals surface area contributed by atoms with E-state index in [-0.39, 0.29) is 6.04 Å². The lowest BCUT2D eigenvalue weighted by Crippen LogP contribution is -2.47. The highest BCUT2D eigenvalue weighted by molar-refractivity contribution is 7.87. The first kappa shape index (κ1) is 16.8. The first-order valence-corrected chi connectivity index (χ1v) is 8.18. The maximum atomic E-state index is 12.2. The van der Waals surface area contributed by atoms with Crippen LogP contribution >= 0.6 is 0 Å². The Hall–Kier alpha value is -0.210. The highest BCUT2D eigenvalue weighted by Crippen LogP contribution is 2.19. The van der Waals surface area contributed by atoms with Crippen LogP contribution in [0.1, 0.15) is 20.8 Å². The molecule has 0 amide bonds. The summed E-state index contributed by atoms with van der Waals surface area (Å²) in [5.41, 5.74) is 0. The summed E-state index contributed by atoms with van der Waals surface area (Å²) in [6.45, 7) is 8.83. The van der Waals surface area contributed by atoms with Crippen molar-refractivity contribution in [3.63, 3.8) is 0 Å². The number of nitrogens with one attached hydrogen (secondary N) is 1. The van der Waals surface area contributed by atoms with E-state index in [1.165, 1.54) is 4.31 Å². The second-order valence-electron chi connectivity index (χ2n) is 5.57. The third-order valence-electron chi connectivity index (χ3n) is 3.69. The molecule has 0 aliphatic carbocycles. The number of rotatable bonds is 7. The predicted octanol–water partition coefficient (Wildman–Crippen LogP) is 0.128. The van der Waals surface area contributed by atoms with Gasteiger partial charge in [-0.15, -0.1) is 0 Å². The summed E-state index contributed by atoms with van der Waals surface area (Å²) in [4.78, 5) is 2.30. The quantitative estimate of drug-likeness (QED) is 0.725. The van der Waals surface area contributed by atoms with Crippen molar-refractivity contribution in [1.82, 2.24) is 13.9 Å². The molecule has 0 aromatic rings. The van der Waals surface area contributed by atoms with Gasteiger partial charge in [0.15, 0.2) is 0 Å². The minimum atomic E-state index is -3.42. The molecule has 0 saturated carbocycles.